The van der Waals surface area contributed by atoms with Gasteiger partial charge in [-0.2, -0.15) is 5.10 Å². The Balaban J connectivity index is 1.62. The topological polar surface area (TPSA) is 83.4 Å². The zero-order valence-corrected chi connectivity index (χ0v) is 20.4. The van der Waals surface area contributed by atoms with E-state index in [0.29, 0.717) is 17.1 Å². The maximum atomic E-state index is 13.8. The van der Waals surface area contributed by atoms with Gasteiger partial charge in [0.05, 0.1) is 31.0 Å². The highest BCUT2D eigenvalue weighted by atomic mass is 35.5. The predicted octanol–water partition coefficient (Wildman–Crippen LogP) is 5.32. The van der Waals surface area contributed by atoms with Crippen LogP contribution in [0.15, 0.2) is 85.3 Å². The fraction of sp³-hybridized carbons (Fsp3) is 0.143. The van der Waals surface area contributed by atoms with Crippen LogP contribution in [0.4, 0.5) is 0 Å². The molecule has 7 nitrogen and oxygen atoms in total. The first-order chi connectivity index (χ1) is 17.6. The summed E-state index contributed by atoms with van der Waals surface area (Å²) in [5.41, 5.74) is 5.10. The van der Waals surface area contributed by atoms with E-state index in [1.54, 1.807) is 24.3 Å². The van der Waals surface area contributed by atoms with Gasteiger partial charge in [0.25, 0.3) is 5.91 Å². The van der Waals surface area contributed by atoms with Crippen molar-refractivity contribution in [3.63, 3.8) is 0 Å². The van der Waals surface area contributed by atoms with Crippen LogP contribution >= 0.6 is 11.6 Å². The molecule has 0 atom stereocenters. The fourth-order valence-electron chi connectivity index (χ4n) is 4.36. The summed E-state index contributed by atoms with van der Waals surface area (Å²) in [7, 11) is 1.63. The average Bonchev–Trinajstić information content (AvgIpc) is 3.56. The molecular formula is C28H25ClN4O3. The van der Waals surface area contributed by atoms with Gasteiger partial charge in [-0.15, -0.1) is 0 Å². The first-order valence-electron chi connectivity index (χ1n) is 11.5. The van der Waals surface area contributed by atoms with E-state index in [1.165, 1.54) is 0 Å². The summed E-state index contributed by atoms with van der Waals surface area (Å²) in [5, 5.41) is 18.0. The van der Waals surface area contributed by atoms with E-state index >= 15 is 0 Å². The summed E-state index contributed by atoms with van der Waals surface area (Å²) in [4.78, 5) is 15.5. The number of aliphatic hydroxyl groups excluding tert-OH is 1. The van der Waals surface area contributed by atoms with Gasteiger partial charge < -0.3 is 19.3 Å². The summed E-state index contributed by atoms with van der Waals surface area (Å²) in [6, 6.07) is 21.1. The number of halogens is 1. The van der Waals surface area contributed by atoms with Gasteiger partial charge in [0.15, 0.2) is 0 Å². The number of hydrogen-bond donors (Lipinski definition) is 2. The smallest absolute Gasteiger partial charge is 0.256 e. The summed E-state index contributed by atoms with van der Waals surface area (Å²) in [6.45, 7) is 0.384. The molecule has 0 radical (unpaired) electrons. The molecule has 5 aromatic rings. The van der Waals surface area contributed by atoms with Crippen molar-refractivity contribution in [2.24, 2.45) is 0 Å². The van der Waals surface area contributed by atoms with Gasteiger partial charge in [-0.1, -0.05) is 41.9 Å². The number of benzene rings is 3. The van der Waals surface area contributed by atoms with Crippen LogP contribution in [0.1, 0.15) is 15.9 Å². The lowest BCUT2D eigenvalue weighted by Gasteiger charge is -2.22. The Bertz CT molecular complexity index is 1510. The van der Waals surface area contributed by atoms with E-state index in [9.17, 15) is 9.90 Å². The van der Waals surface area contributed by atoms with E-state index < -0.39 is 0 Å². The number of aromatic amines is 1. The van der Waals surface area contributed by atoms with Crippen LogP contribution in [0.2, 0.25) is 5.02 Å². The lowest BCUT2D eigenvalue weighted by Crippen LogP contribution is -2.33. The number of carbonyl (C=O) groups is 1. The van der Waals surface area contributed by atoms with E-state index in [1.807, 2.05) is 77.6 Å². The highest BCUT2D eigenvalue weighted by molar-refractivity contribution is 6.30. The summed E-state index contributed by atoms with van der Waals surface area (Å²) >= 11 is 6.16. The molecule has 36 heavy (non-hydrogen) atoms. The highest BCUT2D eigenvalue weighted by Crippen LogP contribution is 2.31. The van der Waals surface area contributed by atoms with Crippen LogP contribution in [-0.4, -0.2) is 50.9 Å². The van der Waals surface area contributed by atoms with Gasteiger partial charge >= 0.3 is 0 Å². The third-order valence-electron chi connectivity index (χ3n) is 6.12. The molecule has 0 spiro atoms. The zero-order valence-electron chi connectivity index (χ0n) is 19.7. The number of rotatable bonds is 8. The van der Waals surface area contributed by atoms with Crippen LogP contribution < -0.4 is 4.74 Å². The minimum Gasteiger partial charge on any atom is -0.497 e. The van der Waals surface area contributed by atoms with Crippen molar-refractivity contribution < 1.29 is 14.6 Å². The minimum atomic E-state index is -0.174. The molecule has 5 rings (SSSR count). The van der Waals surface area contributed by atoms with Crippen molar-refractivity contribution in [2.75, 3.05) is 20.3 Å². The van der Waals surface area contributed by atoms with Gasteiger partial charge in [0, 0.05) is 53.2 Å². The number of nitrogens with zero attached hydrogens (tertiary/aromatic N) is 3. The van der Waals surface area contributed by atoms with Crippen LogP contribution in [-0.2, 0) is 6.54 Å². The number of aliphatic hydroxyl groups is 1. The zero-order chi connectivity index (χ0) is 25.1. The van der Waals surface area contributed by atoms with E-state index in [4.69, 9.17) is 16.3 Å². The number of aromatic nitrogens is 3. The lowest BCUT2D eigenvalue weighted by atomic mass is 10.1. The Morgan fingerprint density at radius 3 is 2.72 bits per heavy atom. The van der Waals surface area contributed by atoms with Crippen molar-refractivity contribution in [3.05, 3.63) is 101 Å². The Hall–Kier alpha value is -4.07. The van der Waals surface area contributed by atoms with E-state index in [0.717, 1.165) is 39.0 Å². The largest absolute Gasteiger partial charge is 0.497 e. The summed E-state index contributed by atoms with van der Waals surface area (Å²) in [6.07, 6.45) is 5.45. The molecule has 1 amide bonds. The van der Waals surface area contributed by atoms with Crippen LogP contribution in [0.3, 0.4) is 0 Å². The summed E-state index contributed by atoms with van der Waals surface area (Å²) < 4.78 is 7.42. The van der Waals surface area contributed by atoms with Crippen molar-refractivity contribution in [1.82, 2.24) is 19.7 Å². The second-order valence-electron chi connectivity index (χ2n) is 8.41. The molecule has 8 heteroatoms. The number of amides is 1. The molecule has 0 aliphatic carbocycles. The Kier molecular flexibility index (Phi) is 6.75. The van der Waals surface area contributed by atoms with Crippen molar-refractivity contribution in [1.29, 1.82) is 0 Å². The molecule has 0 bridgehead atoms. The number of nitrogens with one attached hydrogen (secondary N) is 1. The van der Waals surface area contributed by atoms with Gasteiger partial charge in [0.2, 0.25) is 0 Å². The monoisotopic (exact) mass is 500 g/mol. The maximum Gasteiger partial charge on any atom is 0.256 e. The molecule has 0 saturated heterocycles. The standard InChI is InChI=1S/C28H25ClN4O3/c1-36-24-7-3-6-23(14-24)33-18-26(25-9-8-20(13-27(25)33)21-15-30-31-16-21)28(35)32(10-11-34)17-19-4-2-5-22(29)12-19/h2-9,12-16,18,34H,10-11,17H2,1H3,(H,30,31). The molecule has 0 unspecified atom stereocenters. The summed E-state index contributed by atoms with van der Waals surface area (Å²) in [5.74, 6) is 0.544. The first-order valence-corrected chi connectivity index (χ1v) is 11.9. The molecule has 3 aromatic carbocycles. The average molecular weight is 501 g/mol. The molecule has 2 heterocycles. The number of hydrogen-bond acceptors (Lipinski definition) is 4. The van der Waals surface area contributed by atoms with E-state index in [2.05, 4.69) is 10.2 Å². The molecule has 0 aliphatic heterocycles. The molecule has 0 saturated carbocycles. The number of fused-ring (bicyclic) bond motifs is 1. The molecular weight excluding hydrogens is 476 g/mol. The first kappa shape index (κ1) is 23.7. The molecule has 2 N–H and O–H groups in total. The Labute approximate surface area is 213 Å². The molecule has 182 valence electrons. The van der Waals surface area contributed by atoms with Gasteiger partial charge in [-0.05, 0) is 41.5 Å². The van der Waals surface area contributed by atoms with Crippen LogP contribution in [0.25, 0.3) is 27.7 Å². The predicted molar refractivity (Wildman–Crippen MR) is 141 cm³/mol. The third kappa shape index (κ3) is 4.71. The highest BCUT2D eigenvalue weighted by Gasteiger charge is 2.22. The minimum absolute atomic E-state index is 0.147. The Morgan fingerprint density at radius 1 is 1.11 bits per heavy atom. The SMILES string of the molecule is COc1cccc(-n2cc(C(=O)N(CCO)Cc3cccc(Cl)c3)c3ccc(-c4cn[nH]c4)cc32)c1. The van der Waals surface area contributed by atoms with Crippen LogP contribution in [0.5, 0.6) is 5.75 Å². The van der Waals surface area contributed by atoms with Crippen molar-refractivity contribution in [3.8, 4) is 22.6 Å². The number of H-pyrrole nitrogens is 1. The quantitative estimate of drug-likeness (QED) is 0.302. The normalized spacial score (nSPS) is 11.1. The van der Waals surface area contributed by atoms with Crippen LogP contribution in [0, 0.1) is 0 Å². The van der Waals surface area contributed by atoms with E-state index in [-0.39, 0.29) is 19.1 Å². The third-order valence-corrected chi connectivity index (χ3v) is 6.35. The fourth-order valence-corrected chi connectivity index (χ4v) is 4.57. The van der Waals surface area contributed by atoms with Gasteiger partial charge in [-0.25, -0.2) is 0 Å². The number of ether oxygens (including phenoxy) is 1. The second kappa shape index (κ2) is 10.3. The molecule has 0 aliphatic rings. The lowest BCUT2D eigenvalue weighted by molar-refractivity contribution is 0.0709. The van der Waals surface area contributed by atoms with Crippen molar-refractivity contribution in [2.45, 2.75) is 6.54 Å². The van der Waals surface area contributed by atoms with Gasteiger partial charge in [-0.3, -0.25) is 9.89 Å². The number of carbonyl (C=O) groups excluding carboxylic acids is 1. The Morgan fingerprint density at radius 2 is 1.97 bits per heavy atom. The maximum absolute atomic E-state index is 13.8. The van der Waals surface area contributed by atoms with Crippen molar-refractivity contribution >= 4 is 28.4 Å². The number of methoxy groups -OCH3 is 1. The van der Waals surface area contributed by atoms with Gasteiger partial charge in [0.1, 0.15) is 5.75 Å². The second-order valence-corrected chi connectivity index (χ2v) is 8.85. The molecule has 2 aromatic heterocycles. The molecule has 0 fully saturated rings.